The number of nitrogens with one attached hydrogen (secondary N) is 1. The molecule has 1 aliphatic carbocycles. The minimum absolute atomic E-state index is 0.0384. The highest BCUT2D eigenvalue weighted by Gasteiger charge is 2.21. The van der Waals surface area contributed by atoms with Crippen LogP contribution in [0, 0.1) is 0 Å². The second-order valence-corrected chi connectivity index (χ2v) is 6.68. The average Bonchev–Trinajstić information content (AvgIpc) is 3.02. The van der Waals surface area contributed by atoms with Crippen LogP contribution in [0.5, 0.6) is 0 Å². The van der Waals surface area contributed by atoms with Gasteiger partial charge in [0.25, 0.3) is 5.56 Å². The molecule has 21 heavy (non-hydrogen) atoms. The Balaban J connectivity index is 1.92. The van der Waals surface area contributed by atoms with Crippen LogP contribution in [0.3, 0.4) is 0 Å². The molecule has 6 heteroatoms. The van der Waals surface area contributed by atoms with Crippen molar-refractivity contribution in [2.24, 2.45) is 0 Å². The minimum Gasteiger partial charge on any atom is -0.352 e. The maximum Gasteiger partial charge on any atom is 0.262 e. The van der Waals surface area contributed by atoms with Crippen LogP contribution in [-0.2, 0) is 24.2 Å². The van der Waals surface area contributed by atoms with Crippen molar-refractivity contribution < 1.29 is 4.79 Å². The fourth-order valence-electron chi connectivity index (χ4n) is 2.71. The Morgan fingerprint density at radius 2 is 2.33 bits per heavy atom. The van der Waals surface area contributed by atoms with Crippen molar-refractivity contribution in [3.05, 3.63) is 27.1 Å². The van der Waals surface area contributed by atoms with Gasteiger partial charge in [-0.2, -0.15) is 0 Å². The van der Waals surface area contributed by atoms with Crippen molar-refractivity contribution in [3.8, 4) is 0 Å². The van der Waals surface area contributed by atoms with Gasteiger partial charge in [0.05, 0.1) is 11.7 Å². The molecule has 112 valence electrons. The molecule has 1 N–H and O–H groups in total. The molecule has 1 atom stereocenters. The van der Waals surface area contributed by atoms with Crippen molar-refractivity contribution >= 4 is 27.5 Å². The smallest absolute Gasteiger partial charge is 0.262 e. The molecule has 2 aromatic rings. The first kappa shape index (κ1) is 14.3. The Morgan fingerprint density at radius 1 is 1.52 bits per heavy atom. The molecule has 2 aromatic heterocycles. The number of nitrogens with zero attached hydrogens (tertiary/aromatic N) is 2. The highest BCUT2D eigenvalue weighted by Crippen LogP contribution is 2.34. The van der Waals surface area contributed by atoms with Crippen LogP contribution in [-0.4, -0.2) is 21.5 Å². The van der Waals surface area contributed by atoms with Gasteiger partial charge >= 0.3 is 0 Å². The van der Waals surface area contributed by atoms with Gasteiger partial charge in [0.15, 0.2) is 0 Å². The standard InChI is InChI=1S/C15H19N3O2S/c1-3-9(2)17-12(19)7-18-8-16-14-13(15(18)20)10-5-4-6-11(10)21-14/h8-9H,3-7H2,1-2H3,(H,17,19)/t9-/m0/s1. The van der Waals surface area contributed by atoms with E-state index in [-0.39, 0.29) is 24.1 Å². The van der Waals surface area contributed by atoms with E-state index < -0.39 is 0 Å². The zero-order chi connectivity index (χ0) is 15.0. The number of hydrogen-bond donors (Lipinski definition) is 1. The molecule has 5 nitrogen and oxygen atoms in total. The predicted molar refractivity (Wildman–Crippen MR) is 83.8 cm³/mol. The highest BCUT2D eigenvalue weighted by molar-refractivity contribution is 7.18. The van der Waals surface area contributed by atoms with E-state index in [0.717, 1.165) is 41.5 Å². The number of amides is 1. The van der Waals surface area contributed by atoms with Crippen molar-refractivity contribution in [1.29, 1.82) is 0 Å². The number of aromatic nitrogens is 2. The van der Waals surface area contributed by atoms with Crippen LogP contribution in [0.25, 0.3) is 10.2 Å². The lowest BCUT2D eigenvalue weighted by molar-refractivity contribution is -0.122. The van der Waals surface area contributed by atoms with Gasteiger partial charge in [0, 0.05) is 10.9 Å². The van der Waals surface area contributed by atoms with E-state index in [1.165, 1.54) is 15.8 Å². The summed E-state index contributed by atoms with van der Waals surface area (Å²) in [5, 5.41) is 3.60. The number of thiophene rings is 1. The Hall–Kier alpha value is -1.69. The Kier molecular flexibility index (Phi) is 3.80. The molecule has 0 spiro atoms. The molecule has 0 saturated heterocycles. The third-order valence-electron chi connectivity index (χ3n) is 4.03. The quantitative estimate of drug-likeness (QED) is 0.938. The first-order chi connectivity index (χ1) is 10.1. The van der Waals surface area contributed by atoms with Gasteiger partial charge in [0.1, 0.15) is 11.4 Å². The summed E-state index contributed by atoms with van der Waals surface area (Å²) in [5.41, 5.74) is 1.07. The third-order valence-corrected chi connectivity index (χ3v) is 5.23. The number of hydrogen-bond acceptors (Lipinski definition) is 4. The molecule has 1 amide bonds. The summed E-state index contributed by atoms with van der Waals surface area (Å²) in [6, 6.07) is 0.121. The van der Waals surface area contributed by atoms with Gasteiger partial charge < -0.3 is 5.32 Å². The molecular weight excluding hydrogens is 286 g/mol. The van der Waals surface area contributed by atoms with Crippen LogP contribution < -0.4 is 10.9 Å². The number of carbonyl (C=O) groups excluding carboxylic acids is 1. The summed E-state index contributed by atoms with van der Waals surface area (Å²) in [6.07, 6.45) is 5.47. The van der Waals surface area contributed by atoms with E-state index >= 15 is 0 Å². The first-order valence-corrected chi connectivity index (χ1v) is 8.20. The zero-order valence-electron chi connectivity index (χ0n) is 12.3. The summed E-state index contributed by atoms with van der Waals surface area (Å²) in [6.45, 7) is 4.00. The van der Waals surface area contributed by atoms with Gasteiger partial charge in [-0.05, 0) is 38.2 Å². The first-order valence-electron chi connectivity index (χ1n) is 7.39. The van der Waals surface area contributed by atoms with E-state index in [9.17, 15) is 9.59 Å². The Morgan fingerprint density at radius 3 is 3.10 bits per heavy atom. The van der Waals surface area contributed by atoms with Crippen molar-refractivity contribution in [2.45, 2.75) is 52.1 Å². The summed E-state index contributed by atoms with van der Waals surface area (Å²) in [5.74, 6) is -0.139. The summed E-state index contributed by atoms with van der Waals surface area (Å²) >= 11 is 1.62. The summed E-state index contributed by atoms with van der Waals surface area (Å²) in [4.78, 5) is 31.0. The second-order valence-electron chi connectivity index (χ2n) is 5.59. The van der Waals surface area contributed by atoms with Gasteiger partial charge in [-0.3, -0.25) is 14.2 Å². The molecule has 0 radical (unpaired) electrons. The van der Waals surface area contributed by atoms with Gasteiger partial charge in [-0.15, -0.1) is 11.3 Å². The molecule has 0 saturated carbocycles. The molecule has 0 unspecified atom stereocenters. The molecule has 0 fully saturated rings. The second kappa shape index (κ2) is 5.60. The summed E-state index contributed by atoms with van der Waals surface area (Å²) in [7, 11) is 0. The topological polar surface area (TPSA) is 64.0 Å². The molecule has 0 aromatic carbocycles. The normalized spacial score (nSPS) is 15.1. The zero-order valence-corrected chi connectivity index (χ0v) is 13.1. The largest absolute Gasteiger partial charge is 0.352 e. The van der Waals surface area contributed by atoms with E-state index in [0.29, 0.717) is 0 Å². The fourth-order valence-corrected chi connectivity index (χ4v) is 3.93. The molecule has 1 aliphatic rings. The fraction of sp³-hybridized carbons (Fsp3) is 0.533. The van der Waals surface area contributed by atoms with E-state index in [1.807, 2.05) is 13.8 Å². The minimum atomic E-state index is -0.139. The summed E-state index contributed by atoms with van der Waals surface area (Å²) < 4.78 is 1.42. The van der Waals surface area contributed by atoms with Gasteiger partial charge in [-0.25, -0.2) is 4.98 Å². The average molecular weight is 305 g/mol. The maximum absolute atomic E-state index is 12.6. The molecule has 3 rings (SSSR count). The van der Waals surface area contributed by atoms with Crippen LogP contribution in [0.2, 0.25) is 0 Å². The number of aryl methyl sites for hydroxylation is 2. The van der Waals surface area contributed by atoms with Crippen LogP contribution in [0.1, 0.15) is 37.1 Å². The van der Waals surface area contributed by atoms with Crippen LogP contribution >= 0.6 is 11.3 Å². The molecule has 0 bridgehead atoms. The number of fused-ring (bicyclic) bond motifs is 3. The molecule has 0 aliphatic heterocycles. The Labute approximate surface area is 127 Å². The molecule has 2 heterocycles. The molecular formula is C15H19N3O2S. The van der Waals surface area contributed by atoms with Crippen LogP contribution in [0.4, 0.5) is 0 Å². The Bertz CT molecular complexity index is 747. The van der Waals surface area contributed by atoms with E-state index in [4.69, 9.17) is 0 Å². The lowest BCUT2D eigenvalue weighted by Gasteiger charge is -2.12. The van der Waals surface area contributed by atoms with Crippen LogP contribution in [0.15, 0.2) is 11.1 Å². The van der Waals surface area contributed by atoms with Crippen molar-refractivity contribution in [3.63, 3.8) is 0 Å². The highest BCUT2D eigenvalue weighted by atomic mass is 32.1. The lowest BCUT2D eigenvalue weighted by Crippen LogP contribution is -2.37. The van der Waals surface area contributed by atoms with E-state index in [2.05, 4.69) is 10.3 Å². The predicted octanol–water partition coefficient (Wildman–Crippen LogP) is 1.86. The van der Waals surface area contributed by atoms with Gasteiger partial charge in [0.2, 0.25) is 5.91 Å². The lowest BCUT2D eigenvalue weighted by atomic mass is 10.2. The van der Waals surface area contributed by atoms with Gasteiger partial charge in [-0.1, -0.05) is 6.92 Å². The number of carbonyl (C=O) groups is 1. The third kappa shape index (κ3) is 2.60. The van der Waals surface area contributed by atoms with Crippen molar-refractivity contribution in [2.75, 3.05) is 0 Å². The maximum atomic E-state index is 12.6. The van der Waals surface area contributed by atoms with Crippen molar-refractivity contribution in [1.82, 2.24) is 14.9 Å². The van der Waals surface area contributed by atoms with E-state index in [1.54, 1.807) is 11.3 Å². The monoisotopic (exact) mass is 305 g/mol. The SMILES string of the molecule is CC[C@H](C)NC(=O)Cn1cnc2sc3c(c2c1=O)CCC3. The number of rotatable bonds is 4.